The van der Waals surface area contributed by atoms with Crippen molar-refractivity contribution in [2.45, 2.75) is 32.4 Å². The normalized spacial score (nSPS) is 14.3. The minimum atomic E-state index is -3.04. The average Bonchev–Trinajstić information content (AvgIpc) is 2.47. The van der Waals surface area contributed by atoms with Gasteiger partial charge in [-0.05, 0) is 13.8 Å². The van der Waals surface area contributed by atoms with Crippen LogP contribution in [0.3, 0.4) is 0 Å². The summed E-state index contributed by atoms with van der Waals surface area (Å²) >= 11 is 0. The fourth-order valence-corrected chi connectivity index (χ4v) is 2.43. The molecule has 0 bridgehead atoms. The van der Waals surface area contributed by atoms with Gasteiger partial charge in [0.25, 0.3) is 0 Å². The van der Waals surface area contributed by atoms with Crippen LogP contribution < -0.4 is 5.73 Å². The lowest BCUT2D eigenvalue weighted by Gasteiger charge is -2.13. The molecule has 1 heterocycles. The molecule has 0 aliphatic heterocycles. The van der Waals surface area contributed by atoms with Gasteiger partial charge in [-0.2, -0.15) is 5.10 Å². The van der Waals surface area contributed by atoms with Crippen molar-refractivity contribution in [1.82, 2.24) is 14.8 Å². The highest BCUT2D eigenvalue weighted by atomic mass is 32.2. The summed E-state index contributed by atoms with van der Waals surface area (Å²) in [5.74, 6) is 0.698. The molecule has 1 atom stereocenters. The predicted octanol–water partition coefficient (Wildman–Crippen LogP) is -0.227. The van der Waals surface area contributed by atoms with Crippen molar-refractivity contribution in [3.63, 3.8) is 0 Å². The quantitative estimate of drug-likeness (QED) is 0.775. The van der Waals surface area contributed by atoms with E-state index in [1.165, 1.54) is 12.6 Å². The average molecular weight is 246 g/mol. The van der Waals surface area contributed by atoms with Gasteiger partial charge in [-0.3, -0.25) is 0 Å². The maximum absolute atomic E-state index is 11.1. The zero-order chi connectivity index (χ0) is 12.3. The van der Waals surface area contributed by atoms with Gasteiger partial charge in [-0.15, -0.1) is 0 Å². The third-order valence-electron chi connectivity index (χ3n) is 2.10. The number of hydrogen-bond donors (Lipinski definition) is 1. The first-order chi connectivity index (χ1) is 7.29. The standard InChI is InChI=1S/C9H18N4O2S/c1-7(2)13-9(11-6-12-13)4-8(10)5-16(3,14)15/h6-8H,4-5,10H2,1-3H3. The van der Waals surface area contributed by atoms with Gasteiger partial charge in [0.2, 0.25) is 0 Å². The number of nitrogens with two attached hydrogens (primary N) is 1. The summed E-state index contributed by atoms with van der Waals surface area (Å²) < 4.78 is 23.9. The van der Waals surface area contributed by atoms with Crippen LogP contribution in [0.5, 0.6) is 0 Å². The van der Waals surface area contributed by atoms with Crippen LogP contribution >= 0.6 is 0 Å². The zero-order valence-electron chi connectivity index (χ0n) is 9.79. The highest BCUT2D eigenvalue weighted by Crippen LogP contribution is 2.07. The zero-order valence-corrected chi connectivity index (χ0v) is 10.6. The molecular weight excluding hydrogens is 228 g/mol. The van der Waals surface area contributed by atoms with Crippen LogP contribution in [0, 0.1) is 0 Å². The van der Waals surface area contributed by atoms with E-state index in [9.17, 15) is 8.42 Å². The Morgan fingerprint density at radius 3 is 2.62 bits per heavy atom. The molecule has 0 aromatic carbocycles. The van der Waals surface area contributed by atoms with Crippen molar-refractivity contribution in [2.24, 2.45) is 5.73 Å². The molecule has 0 aliphatic rings. The number of rotatable bonds is 5. The summed E-state index contributed by atoms with van der Waals surface area (Å²) in [7, 11) is -3.04. The highest BCUT2D eigenvalue weighted by molar-refractivity contribution is 7.90. The molecule has 6 nitrogen and oxygen atoms in total. The maximum Gasteiger partial charge on any atom is 0.148 e. The summed E-state index contributed by atoms with van der Waals surface area (Å²) in [5, 5.41) is 4.07. The molecule has 92 valence electrons. The van der Waals surface area contributed by atoms with E-state index in [1.807, 2.05) is 13.8 Å². The molecule has 0 spiro atoms. The Kier molecular flexibility index (Phi) is 4.03. The van der Waals surface area contributed by atoms with Crippen molar-refractivity contribution < 1.29 is 8.42 Å². The Morgan fingerprint density at radius 1 is 1.50 bits per heavy atom. The number of sulfone groups is 1. The molecule has 1 aromatic rings. The van der Waals surface area contributed by atoms with Crippen molar-refractivity contribution in [1.29, 1.82) is 0 Å². The molecule has 0 amide bonds. The number of nitrogens with zero attached hydrogens (tertiary/aromatic N) is 3. The maximum atomic E-state index is 11.1. The molecule has 1 aromatic heterocycles. The van der Waals surface area contributed by atoms with Gasteiger partial charge >= 0.3 is 0 Å². The first-order valence-electron chi connectivity index (χ1n) is 5.11. The van der Waals surface area contributed by atoms with Gasteiger partial charge in [-0.1, -0.05) is 0 Å². The smallest absolute Gasteiger partial charge is 0.148 e. The molecule has 7 heteroatoms. The van der Waals surface area contributed by atoms with Crippen LogP contribution in [-0.4, -0.2) is 41.2 Å². The van der Waals surface area contributed by atoms with Crippen LogP contribution in [0.1, 0.15) is 25.7 Å². The van der Waals surface area contributed by atoms with Gasteiger partial charge in [0.15, 0.2) is 0 Å². The predicted molar refractivity (Wildman–Crippen MR) is 61.8 cm³/mol. The fourth-order valence-electron chi connectivity index (χ4n) is 1.53. The van der Waals surface area contributed by atoms with E-state index in [4.69, 9.17) is 5.73 Å². The third kappa shape index (κ3) is 3.90. The monoisotopic (exact) mass is 246 g/mol. The summed E-state index contributed by atoms with van der Waals surface area (Å²) in [5.41, 5.74) is 5.76. The van der Waals surface area contributed by atoms with Gasteiger partial charge in [-0.25, -0.2) is 18.1 Å². The third-order valence-corrected chi connectivity index (χ3v) is 3.13. The molecule has 0 saturated carbocycles. The van der Waals surface area contributed by atoms with Crippen LogP contribution in [0.2, 0.25) is 0 Å². The molecular formula is C9H18N4O2S. The minimum absolute atomic E-state index is 0.0298. The molecule has 1 rings (SSSR count). The Hall–Kier alpha value is -0.950. The van der Waals surface area contributed by atoms with Crippen LogP contribution in [0.4, 0.5) is 0 Å². The van der Waals surface area contributed by atoms with Crippen LogP contribution in [0.15, 0.2) is 6.33 Å². The SMILES string of the molecule is CC(C)n1ncnc1CC(N)CS(C)(=O)=O. The Bertz CT molecular complexity index is 438. The van der Waals surface area contributed by atoms with Gasteiger partial charge in [0.1, 0.15) is 22.0 Å². The fraction of sp³-hybridized carbons (Fsp3) is 0.778. The lowest BCUT2D eigenvalue weighted by Crippen LogP contribution is -2.32. The van der Waals surface area contributed by atoms with E-state index >= 15 is 0 Å². The van der Waals surface area contributed by atoms with Crippen molar-refractivity contribution in [3.8, 4) is 0 Å². The van der Waals surface area contributed by atoms with Gasteiger partial charge in [0, 0.05) is 24.8 Å². The topological polar surface area (TPSA) is 90.9 Å². The molecule has 2 N–H and O–H groups in total. The summed E-state index contributed by atoms with van der Waals surface area (Å²) in [6, 6.07) is -0.236. The molecule has 16 heavy (non-hydrogen) atoms. The molecule has 0 fully saturated rings. The van der Waals surface area contributed by atoms with E-state index in [0.29, 0.717) is 6.42 Å². The van der Waals surface area contributed by atoms with Gasteiger partial charge in [0.05, 0.1) is 5.75 Å². The van der Waals surface area contributed by atoms with Crippen molar-refractivity contribution in [3.05, 3.63) is 12.2 Å². The van der Waals surface area contributed by atoms with Gasteiger partial charge < -0.3 is 5.73 Å². The Morgan fingerprint density at radius 2 is 2.12 bits per heavy atom. The summed E-state index contributed by atoms with van der Waals surface area (Å²) in [4.78, 5) is 4.08. The highest BCUT2D eigenvalue weighted by Gasteiger charge is 2.15. The Balaban J connectivity index is 2.70. The second kappa shape index (κ2) is 4.92. The van der Waals surface area contributed by atoms with E-state index in [-0.39, 0.29) is 11.8 Å². The number of hydrogen-bond acceptors (Lipinski definition) is 5. The summed E-state index contributed by atoms with van der Waals surface area (Å²) in [6.45, 7) is 3.97. The molecule has 0 saturated heterocycles. The summed E-state index contributed by atoms with van der Waals surface area (Å²) in [6.07, 6.45) is 3.06. The largest absolute Gasteiger partial charge is 0.326 e. The van der Waals surface area contributed by atoms with Crippen LogP contribution in [0.25, 0.3) is 0 Å². The second-order valence-electron chi connectivity index (χ2n) is 4.27. The van der Waals surface area contributed by atoms with Crippen molar-refractivity contribution >= 4 is 9.84 Å². The lowest BCUT2D eigenvalue weighted by molar-refractivity contribution is 0.494. The second-order valence-corrected chi connectivity index (χ2v) is 6.46. The van der Waals surface area contributed by atoms with Crippen LogP contribution in [-0.2, 0) is 16.3 Å². The minimum Gasteiger partial charge on any atom is -0.326 e. The first-order valence-corrected chi connectivity index (χ1v) is 7.17. The number of aromatic nitrogens is 3. The van der Waals surface area contributed by atoms with E-state index in [2.05, 4.69) is 10.1 Å². The van der Waals surface area contributed by atoms with E-state index in [0.717, 1.165) is 5.82 Å². The molecule has 1 unspecified atom stereocenters. The lowest BCUT2D eigenvalue weighted by atomic mass is 10.2. The Labute approximate surface area is 95.8 Å². The van der Waals surface area contributed by atoms with E-state index < -0.39 is 15.9 Å². The van der Waals surface area contributed by atoms with Crippen molar-refractivity contribution in [2.75, 3.05) is 12.0 Å². The first kappa shape index (κ1) is 13.1. The van der Waals surface area contributed by atoms with E-state index in [1.54, 1.807) is 4.68 Å². The molecule has 0 aliphatic carbocycles. The molecule has 0 radical (unpaired) electrons.